The molecule has 6 N–H and O–H groups in total. The van der Waals surface area contributed by atoms with Crippen molar-refractivity contribution in [2.45, 2.75) is 51.4 Å². The van der Waals surface area contributed by atoms with Crippen LogP contribution in [0.15, 0.2) is 27.3 Å². The summed E-state index contributed by atoms with van der Waals surface area (Å²) in [6.45, 7) is 0.426. The third kappa shape index (κ3) is 5.73. The van der Waals surface area contributed by atoms with Crippen LogP contribution in [0.3, 0.4) is 0 Å². The molecule has 278 valence electrons. The zero-order valence-corrected chi connectivity index (χ0v) is 29.6. The minimum absolute atomic E-state index is 0.00883. The number of carbonyl (C=O) groups excluding carboxylic acids is 2. The number of phenolic OH excluding ortho intramolecular Hbond substituents is 1. The van der Waals surface area contributed by atoms with Crippen LogP contribution >= 0.6 is 0 Å². The summed E-state index contributed by atoms with van der Waals surface area (Å²) in [7, 11) is 2.88. The largest absolute Gasteiger partial charge is 0.504 e. The highest BCUT2D eigenvalue weighted by Gasteiger charge is 2.52. The van der Waals surface area contributed by atoms with E-state index in [9.17, 15) is 29.7 Å². The number of fused-ring (bicyclic) bond motifs is 1. The summed E-state index contributed by atoms with van der Waals surface area (Å²) < 4.78 is 21.5. The number of ether oxygens (including phenoxy) is 4. The maximum absolute atomic E-state index is 15.1. The average Bonchev–Trinajstić information content (AvgIpc) is 3.95. The summed E-state index contributed by atoms with van der Waals surface area (Å²) in [5.41, 5.74) is 0.266. The fourth-order valence-corrected chi connectivity index (χ4v) is 7.75. The third-order valence-electron chi connectivity index (χ3n) is 10.2. The van der Waals surface area contributed by atoms with E-state index < -0.39 is 41.5 Å². The first kappa shape index (κ1) is 36.1. The highest BCUT2D eigenvalue weighted by Crippen LogP contribution is 2.54. The minimum atomic E-state index is -1.21. The Morgan fingerprint density at radius 2 is 1.55 bits per heavy atom. The number of methoxy groups -OCH3 is 2. The van der Waals surface area contributed by atoms with Crippen LogP contribution in [-0.4, -0.2) is 85.1 Å². The van der Waals surface area contributed by atoms with E-state index in [1.807, 2.05) is 13.0 Å². The van der Waals surface area contributed by atoms with E-state index in [-0.39, 0.29) is 85.0 Å². The van der Waals surface area contributed by atoms with Gasteiger partial charge in [-0.25, -0.2) is 4.79 Å². The van der Waals surface area contributed by atoms with Crippen molar-refractivity contribution in [2.75, 3.05) is 57.8 Å². The first-order valence-corrected chi connectivity index (χ1v) is 17.3. The van der Waals surface area contributed by atoms with E-state index in [1.54, 1.807) is 0 Å². The number of esters is 2. The van der Waals surface area contributed by atoms with Crippen molar-refractivity contribution in [3.63, 3.8) is 0 Å². The predicted octanol–water partition coefficient (Wildman–Crippen LogP) is 3.03. The summed E-state index contributed by atoms with van der Waals surface area (Å²) >= 11 is 0. The molecule has 14 nitrogen and oxygen atoms in total. The number of carbonyl (C=O) groups is 2. The number of phenols is 1. The molecule has 0 bridgehead atoms. The van der Waals surface area contributed by atoms with Crippen LogP contribution in [0.25, 0.3) is 49.2 Å². The van der Waals surface area contributed by atoms with Crippen LogP contribution in [0.4, 0.5) is 11.4 Å². The molecular formula is C39H40N2O12. The van der Waals surface area contributed by atoms with Gasteiger partial charge in [-0.1, -0.05) is 11.6 Å². The lowest BCUT2D eigenvalue weighted by molar-refractivity contribution is -0.147. The second kappa shape index (κ2) is 13.9. The van der Waals surface area contributed by atoms with Crippen molar-refractivity contribution in [3.8, 4) is 11.5 Å². The first-order valence-electron chi connectivity index (χ1n) is 17.3. The molecule has 53 heavy (non-hydrogen) atoms. The van der Waals surface area contributed by atoms with Crippen LogP contribution < -0.4 is 26.2 Å². The van der Waals surface area contributed by atoms with Crippen molar-refractivity contribution in [1.29, 1.82) is 0 Å². The Kier molecular flexibility index (Phi) is 9.49. The lowest BCUT2D eigenvalue weighted by atomic mass is 9.81. The molecule has 2 aliphatic carbocycles. The molecule has 0 atom stereocenters. The van der Waals surface area contributed by atoms with Gasteiger partial charge in [0.1, 0.15) is 18.7 Å². The monoisotopic (exact) mass is 728 g/mol. The van der Waals surface area contributed by atoms with Crippen LogP contribution in [0, 0.1) is 0 Å². The molecule has 2 aliphatic rings. The summed E-state index contributed by atoms with van der Waals surface area (Å²) in [5, 5.41) is 51.2. The number of hydrogen-bond acceptors (Lipinski definition) is 14. The van der Waals surface area contributed by atoms with Crippen LogP contribution in [0.5, 0.6) is 11.5 Å². The van der Waals surface area contributed by atoms with E-state index in [0.29, 0.717) is 61.8 Å². The number of hydrogen-bond donors (Lipinski definition) is 6. The molecule has 0 spiro atoms. The highest BCUT2D eigenvalue weighted by atomic mass is 16.6. The number of aliphatic hydroxyl groups excluding tert-OH is 3. The van der Waals surface area contributed by atoms with Crippen molar-refractivity contribution in [2.24, 2.45) is 0 Å². The molecule has 5 aromatic carbocycles. The molecule has 1 saturated carbocycles. The summed E-state index contributed by atoms with van der Waals surface area (Å²) in [6, 6.07) is 2.77. The molecule has 5 aromatic rings. The zero-order chi connectivity index (χ0) is 37.8. The Labute approximate surface area is 302 Å². The van der Waals surface area contributed by atoms with Crippen molar-refractivity contribution in [3.05, 3.63) is 60.4 Å². The van der Waals surface area contributed by atoms with E-state index in [4.69, 9.17) is 24.1 Å². The van der Waals surface area contributed by atoms with E-state index in [1.165, 1.54) is 26.4 Å². The quantitative estimate of drug-likeness (QED) is 0.0396. The maximum Gasteiger partial charge on any atom is 0.331 e. The molecule has 14 heteroatoms. The fraction of sp³-hybridized carbons (Fsp3) is 0.385. The number of aliphatic hydroxyl groups is 3. The minimum Gasteiger partial charge on any atom is -0.504 e. The Morgan fingerprint density at radius 3 is 2.19 bits per heavy atom. The van der Waals surface area contributed by atoms with E-state index in [2.05, 4.69) is 10.6 Å². The van der Waals surface area contributed by atoms with Gasteiger partial charge in [-0.2, -0.15) is 0 Å². The molecule has 0 radical (unpaired) electrons. The van der Waals surface area contributed by atoms with Crippen LogP contribution in [0.2, 0.25) is 0 Å². The van der Waals surface area contributed by atoms with Crippen LogP contribution in [0.1, 0.15) is 48.4 Å². The number of allylic oxidation sites excluding steroid dienone is 1. The van der Waals surface area contributed by atoms with Gasteiger partial charge in [0, 0.05) is 53.1 Å². The Hall–Kier alpha value is -5.28. The Bertz CT molecular complexity index is 2450. The number of anilines is 2. The average molecular weight is 729 g/mol. The number of aromatic hydroxyl groups is 1. The summed E-state index contributed by atoms with van der Waals surface area (Å²) in [6.07, 6.45) is 3.09. The van der Waals surface area contributed by atoms with Gasteiger partial charge in [0.25, 0.3) is 0 Å². The second-order valence-electron chi connectivity index (χ2n) is 13.6. The standard InChI is InChI=1S/C39H40N2O12/c1-18-11-21-28-29-22(12-18)37(51-3)36(48)31-24(45)14-20(17-44)27(33(29)31)26-19(16-43)13-23(40-15-25(46)52-8-4-7-42)30(32(26)28)35(47)34(21)41-39(5-6-39)38(49)53-10-9-50-2/h11,13-14,40-44,48H,4-10,12,15-17H2,1-3H3. The lowest BCUT2D eigenvalue weighted by Crippen LogP contribution is -2.36. The lowest BCUT2D eigenvalue weighted by Gasteiger charge is -2.26. The molecule has 1 fully saturated rings. The van der Waals surface area contributed by atoms with Gasteiger partial charge >= 0.3 is 11.9 Å². The first-order chi connectivity index (χ1) is 25.5. The van der Waals surface area contributed by atoms with Crippen LogP contribution in [-0.2, 0) is 43.4 Å². The molecule has 0 aromatic heterocycles. The molecule has 0 aliphatic heterocycles. The molecule has 0 saturated heterocycles. The highest BCUT2D eigenvalue weighted by molar-refractivity contribution is 6.39. The predicted molar refractivity (Wildman–Crippen MR) is 198 cm³/mol. The smallest absolute Gasteiger partial charge is 0.331 e. The normalized spacial score (nSPS) is 14.6. The van der Waals surface area contributed by atoms with Gasteiger partial charge in [-0.15, -0.1) is 0 Å². The van der Waals surface area contributed by atoms with Gasteiger partial charge < -0.3 is 50.0 Å². The van der Waals surface area contributed by atoms with Crippen molar-refractivity contribution >= 4 is 72.5 Å². The van der Waals surface area contributed by atoms with Gasteiger partial charge in [0.05, 0.1) is 50.0 Å². The number of nitrogens with one attached hydrogen (secondary N) is 2. The third-order valence-corrected chi connectivity index (χ3v) is 10.2. The zero-order valence-electron chi connectivity index (χ0n) is 29.6. The SMILES string of the molecule is COCCOC(=O)C1(Nc2c3c4c5c(c(OC)c(O)c6c(=O)cc(CO)c(c7c(CO)cc(NCC(=O)OCCCO)c(c2=O)c74)c65)CC(C)=C3)CC1. The van der Waals surface area contributed by atoms with E-state index >= 15 is 4.79 Å². The fourth-order valence-electron chi connectivity index (χ4n) is 7.75. The number of rotatable bonds is 15. The topological polar surface area (TPSA) is 210 Å². The molecule has 0 unspecified atom stereocenters. The Balaban J connectivity index is 1.65. The van der Waals surface area contributed by atoms with Gasteiger partial charge in [-0.05, 0) is 65.6 Å². The van der Waals surface area contributed by atoms with Crippen molar-refractivity contribution in [1.82, 2.24) is 0 Å². The van der Waals surface area contributed by atoms with Gasteiger partial charge in [0.15, 0.2) is 16.9 Å². The molecule has 7 rings (SSSR count). The number of benzene rings is 5. The summed E-state index contributed by atoms with van der Waals surface area (Å²) in [4.78, 5) is 55.1. The second-order valence-corrected chi connectivity index (χ2v) is 13.6. The van der Waals surface area contributed by atoms with Gasteiger partial charge in [0.2, 0.25) is 5.43 Å². The van der Waals surface area contributed by atoms with Gasteiger partial charge in [-0.3, -0.25) is 14.4 Å². The van der Waals surface area contributed by atoms with Crippen molar-refractivity contribution < 1.29 is 49.0 Å². The van der Waals surface area contributed by atoms with E-state index in [0.717, 1.165) is 5.57 Å². The molecule has 0 heterocycles. The molecular weight excluding hydrogens is 688 g/mol. The summed E-state index contributed by atoms with van der Waals surface area (Å²) in [5.74, 6) is -1.49. The molecule has 0 amide bonds. The maximum atomic E-state index is 15.1. The Morgan fingerprint density at radius 1 is 0.849 bits per heavy atom.